The Morgan fingerprint density at radius 3 is 2.47 bits per heavy atom. The van der Waals surface area contributed by atoms with E-state index in [9.17, 15) is 9.90 Å². The Bertz CT molecular complexity index is 429. The van der Waals surface area contributed by atoms with Gasteiger partial charge in [-0.2, -0.15) is 0 Å². The number of rotatable bonds is 6. The standard InChI is InChI=1S/C13H17Cl2NO3/c1-3-9(17)4-5-16-13(18)8-6-10(14)12(19-2)11(15)7-8/h6-7,9,17H,3-5H2,1-2H3,(H,16,18). The van der Waals surface area contributed by atoms with Crippen molar-refractivity contribution in [2.24, 2.45) is 0 Å². The third-order valence-electron chi connectivity index (χ3n) is 2.70. The average molecular weight is 306 g/mol. The van der Waals surface area contributed by atoms with Crippen LogP contribution in [0.4, 0.5) is 0 Å². The predicted molar refractivity (Wildman–Crippen MR) is 76.3 cm³/mol. The molecule has 19 heavy (non-hydrogen) atoms. The number of methoxy groups -OCH3 is 1. The van der Waals surface area contributed by atoms with Gasteiger partial charge in [0.05, 0.1) is 23.3 Å². The molecule has 1 rings (SSSR count). The highest BCUT2D eigenvalue weighted by Gasteiger charge is 2.13. The third-order valence-corrected chi connectivity index (χ3v) is 3.26. The Kier molecular flexibility index (Phi) is 6.42. The molecule has 0 aromatic heterocycles. The van der Waals surface area contributed by atoms with Crippen LogP contribution in [-0.2, 0) is 0 Å². The van der Waals surface area contributed by atoms with Crippen LogP contribution in [0.15, 0.2) is 12.1 Å². The topological polar surface area (TPSA) is 58.6 Å². The Balaban J connectivity index is 2.68. The van der Waals surface area contributed by atoms with Crippen LogP contribution in [0.2, 0.25) is 10.0 Å². The second kappa shape index (κ2) is 7.58. The maximum atomic E-state index is 11.9. The molecule has 0 saturated carbocycles. The number of aliphatic hydroxyl groups excluding tert-OH is 1. The van der Waals surface area contributed by atoms with Crippen molar-refractivity contribution in [1.82, 2.24) is 5.32 Å². The second-order valence-electron chi connectivity index (χ2n) is 4.08. The molecule has 0 spiro atoms. The molecular weight excluding hydrogens is 289 g/mol. The largest absolute Gasteiger partial charge is 0.494 e. The van der Waals surface area contributed by atoms with Gasteiger partial charge < -0.3 is 15.2 Å². The van der Waals surface area contributed by atoms with E-state index in [4.69, 9.17) is 27.9 Å². The lowest BCUT2D eigenvalue weighted by Gasteiger charge is -2.11. The van der Waals surface area contributed by atoms with Crippen molar-refractivity contribution < 1.29 is 14.6 Å². The van der Waals surface area contributed by atoms with Gasteiger partial charge in [-0.3, -0.25) is 4.79 Å². The van der Waals surface area contributed by atoms with Gasteiger partial charge in [0.2, 0.25) is 0 Å². The number of ether oxygens (including phenoxy) is 1. The van der Waals surface area contributed by atoms with Gasteiger partial charge in [0.1, 0.15) is 0 Å². The van der Waals surface area contributed by atoms with Crippen molar-refractivity contribution in [3.05, 3.63) is 27.7 Å². The number of carbonyl (C=O) groups is 1. The zero-order valence-corrected chi connectivity index (χ0v) is 12.4. The molecule has 0 aliphatic carbocycles. The number of benzene rings is 1. The lowest BCUT2D eigenvalue weighted by molar-refractivity contribution is 0.0942. The number of nitrogens with one attached hydrogen (secondary N) is 1. The molecule has 0 heterocycles. The number of halogens is 2. The Morgan fingerprint density at radius 2 is 2.00 bits per heavy atom. The summed E-state index contributed by atoms with van der Waals surface area (Å²) in [4.78, 5) is 11.9. The third kappa shape index (κ3) is 4.56. The fraction of sp³-hybridized carbons (Fsp3) is 0.462. The quantitative estimate of drug-likeness (QED) is 0.849. The van der Waals surface area contributed by atoms with Crippen molar-refractivity contribution in [3.8, 4) is 5.75 Å². The van der Waals surface area contributed by atoms with Crippen molar-refractivity contribution in [3.63, 3.8) is 0 Å². The summed E-state index contributed by atoms with van der Waals surface area (Å²) < 4.78 is 5.01. The summed E-state index contributed by atoms with van der Waals surface area (Å²) in [5.74, 6) is 0.0658. The number of hydrogen-bond donors (Lipinski definition) is 2. The van der Waals surface area contributed by atoms with E-state index in [2.05, 4.69) is 5.32 Å². The summed E-state index contributed by atoms with van der Waals surface area (Å²) in [6.45, 7) is 2.28. The van der Waals surface area contributed by atoms with E-state index in [1.807, 2.05) is 6.92 Å². The van der Waals surface area contributed by atoms with Gasteiger partial charge in [-0.25, -0.2) is 0 Å². The van der Waals surface area contributed by atoms with Crippen molar-refractivity contribution >= 4 is 29.1 Å². The molecule has 1 unspecified atom stereocenters. The number of amides is 1. The SMILES string of the molecule is CCC(O)CCNC(=O)c1cc(Cl)c(OC)c(Cl)c1. The Labute approximate surface area is 122 Å². The van der Waals surface area contributed by atoms with E-state index in [0.29, 0.717) is 30.7 Å². The molecule has 1 atom stereocenters. The highest BCUT2D eigenvalue weighted by atomic mass is 35.5. The molecule has 0 radical (unpaired) electrons. The number of aliphatic hydroxyl groups is 1. The molecule has 0 aliphatic rings. The van der Waals surface area contributed by atoms with E-state index in [1.165, 1.54) is 19.2 Å². The molecule has 1 amide bonds. The highest BCUT2D eigenvalue weighted by Crippen LogP contribution is 2.33. The minimum Gasteiger partial charge on any atom is -0.494 e. The summed E-state index contributed by atoms with van der Waals surface area (Å²) in [5.41, 5.74) is 0.363. The maximum Gasteiger partial charge on any atom is 0.251 e. The van der Waals surface area contributed by atoms with Crippen LogP contribution in [0, 0.1) is 0 Å². The Hall–Kier alpha value is -0.970. The van der Waals surface area contributed by atoms with Gasteiger partial charge in [0.15, 0.2) is 5.75 Å². The van der Waals surface area contributed by atoms with Gasteiger partial charge in [-0.05, 0) is 25.0 Å². The molecule has 6 heteroatoms. The van der Waals surface area contributed by atoms with Gasteiger partial charge >= 0.3 is 0 Å². The van der Waals surface area contributed by atoms with Crippen LogP contribution >= 0.6 is 23.2 Å². The molecule has 0 saturated heterocycles. The van der Waals surface area contributed by atoms with Crippen LogP contribution in [0.5, 0.6) is 5.75 Å². The first-order valence-corrected chi connectivity index (χ1v) is 6.74. The molecule has 106 valence electrons. The van der Waals surface area contributed by atoms with E-state index in [0.717, 1.165) is 0 Å². The van der Waals surface area contributed by atoms with Gasteiger partial charge in [-0.1, -0.05) is 30.1 Å². The van der Waals surface area contributed by atoms with Crippen LogP contribution in [0.1, 0.15) is 30.1 Å². The molecule has 1 aromatic rings. The van der Waals surface area contributed by atoms with Crippen molar-refractivity contribution in [1.29, 1.82) is 0 Å². The summed E-state index contributed by atoms with van der Waals surface area (Å²) >= 11 is 11.9. The Morgan fingerprint density at radius 1 is 1.42 bits per heavy atom. The molecule has 0 fully saturated rings. The summed E-state index contributed by atoms with van der Waals surface area (Å²) in [6, 6.07) is 3.00. The average Bonchev–Trinajstić information content (AvgIpc) is 2.37. The molecule has 0 bridgehead atoms. The van der Waals surface area contributed by atoms with E-state index >= 15 is 0 Å². The van der Waals surface area contributed by atoms with E-state index < -0.39 is 6.10 Å². The van der Waals surface area contributed by atoms with E-state index in [1.54, 1.807) is 0 Å². The zero-order valence-electron chi connectivity index (χ0n) is 10.9. The summed E-state index contributed by atoms with van der Waals surface area (Å²) in [5, 5.41) is 12.7. The number of carbonyl (C=O) groups excluding carboxylic acids is 1. The number of hydrogen-bond acceptors (Lipinski definition) is 3. The minimum absolute atomic E-state index is 0.283. The second-order valence-corrected chi connectivity index (χ2v) is 4.89. The zero-order chi connectivity index (χ0) is 14.4. The fourth-order valence-corrected chi connectivity index (χ4v) is 2.19. The highest BCUT2D eigenvalue weighted by molar-refractivity contribution is 6.37. The maximum absolute atomic E-state index is 11.9. The van der Waals surface area contributed by atoms with Gasteiger partial charge in [-0.15, -0.1) is 0 Å². The summed E-state index contributed by atoms with van der Waals surface area (Å²) in [6.07, 6.45) is 0.777. The summed E-state index contributed by atoms with van der Waals surface area (Å²) in [7, 11) is 1.46. The van der Waals surface area contributed by atoms with Crippen LogP contribution < -0.4 is 10.1 Å². The molecule has 1 aromatic carbocycles. The fourth-order valence-electron chi connectivity index (χ4n) is 1.54. The lowest BCUT2D eigenvalue weighted by Crippen LogP contribution is -2.27. The smallest absolute Gasteiger partial charge is 0.251 e. The van der Waals surface area contributed by atoms with Gasteiger partial charge in [0.25, 0.3) is 5.91 Å². The lowest BCUT2D eigenvalue weighted by atomic mass is 10.2. The van der Waals surface area contributed by atoms with Crippen LogP contribution in [0.25, 0.3) is 0 Å². The first-order valence-electron chi connectivity index (χ1n) is 5.98. The first-order chi connectivity index (χ1) is 8.99. The normalized spacial score (nSPS) is 12.1. The monoisotopic (exact) mass is 305 g/mol. The molecule has 4 nitrogen and oxygen atoms in total. The molecule has 2 N–H and O–H groups in total. The van der Waals surface area contributed by atoms with Crippen molar-refractivity contribution in [2.75, 3.05) is 13.7 Å². The van der Waals surface area contributed by atoms with Crippen molar-refractivity contribution in [2.45, 2.75) is 25.9 Å². The first kappa shape index (κ1) is 16.1. The molecular formula is C13H17Cl2NO3. The minimum atomic E-state index is -0.400. The van der Waals surface area contributed by atoms with E-state index in [-0.39, 0.29) is 16.0 Å². The molecule has 0 aliphatic heterocycles. The van der Waals surface area contributed by atoms with Crippen LogP contribution in [0.3, 0.4) is 0 Å². The van der Waals surface area contributed by atoms with Crippen LogP contribution in [-0.4, -0.2) is 30.8 Å². The van der Waals surface area contributed by atoms with Gasteiger partial charge in [0, 0.05) is 12.1 Å². The predicted octanol–water partition coefficient (Wildman–Crippen LogP) is 2.89.